The van der Waals surface area contributed by atoms with Crippen molar-refractivity contribution in [2.45, 2.75) is 40.3 Å². The van der Waals surface area contributed by atoms with Gasteiger partial charge in [0.15, 0.2) is 5.69 Å². The lowest BCUT2D eigenvalue weighted by molar-refractivity contribution is -0.123. The average molecular weight is 268 g/mol. The summed E-state index contributed by atoms with van der Waals surface area (Å²) in [6.07, 6.45) is 1.38. The molecule has 0 unspecified atom stereocenters. The van der Waals surface area contributed by atoms with E-state index in [0.717, 1.165) is 0 Å². The van der Waals surface area contributed by atoms with Crippen molar-refractivity contribution in [1.29, 1.82) is 0 Å². The van der Waals surface area contributed by atoms with Crippen molar-refractivity contribution >= 4 is 11.9 Å². The van der Waals surface area contributed by atoms with Crippen molar-refractivity contribution in [3.05, 3.63) is 11.9 Å². The van der Waals surface area contributed by atoms with Crippen molar-refractivity contribution in [1.82, 2.24) is 20.3 Å². The van der Waals surface area contributed by atoms with Crippen LogP contribution in [0, 0.1) is 5.41 Å². The van der Waals surface area contributed by atoms with Crippen LogP contribution in [0.3, 0.4) is 0 Å². The molecule has 7 nitrogen and oxygen atoms in total. The second kappa shape index (κ2) is 5.81. The fourth-order valence-electron chi connectivity index (χ4n) is 1.22. The van der Waals surface area contributed by atoms with Crippen LogP contribution in [0.25, 0.3) is 0 Å². The van der Waals surface area contributed by atoms with E-state index in [2.05, 4.69) is 20.4 Å². The van der Waals surface area contributed by atoms with Crippen LogP contribution in [0.4, 0.5) is 0 Å². The lowest BCUT2D eigenvalue weighted by atomic mass is 9.88. The summed E-state index contributed by atoms with van der Waals surface area (Å²) >= 11 is 0. The van der Waals surface area contributed by atoms with E-state index in [4.69, 9.17) is 0 Å². The van der Waals surface area contributed by atoms with Gasteiger partial charge in [0.25, 0.3) is 0 Å². The minimum atomic E-state index is -0.574. The lowest BCUT2D eigenvalue weighted by Gasteiger charge is -2.27. The quantitative estimate of drug-likeness (QED) is 0.809. The maximum Gasteiger partial charge on any atom is 0.360 e. The minimum absolute atomic E-state index is 0.0183. The molecular formula is C12H20N4O3. The molecular weight excluding hydrogens is 248 g/mol. The van der Waals surface area contributed by atoms with E-state index < -0.39 is 5.97 Å². The van der Waals surface area contributed by atoms with Crippen LogP contribution in [0.2, 0.25) is 0 Å². The maximum absolute atomic E-state index is 11.8. The number of methoxy groups -OCH3 is 1. The normalized spacial score (nSPS) is 12.9. The third-order valence-electron chi connectivity index (χ3n) is 2.92. The van der Waals surface area contributed by atoms with Crippen LogP contribution < -0.4 is 5.32 Å². The van der Waals surface area contributed by atoms with Gasteiger partial charge in [0.2, 0.25) is 5.91 Å². The second-order valence-electron chi connectivity index (χ2n) is 5.45. The summed E-state index contributed by atoms with van der Waals surface area (Å²) in [6.45, 7) is 8.10. The molecule has 0 saturated carbocycles. The summed E-state index contributed by atoms with van der Waals surface area (Å²) < 4.78 is 5.81. The zero-order chi connectivity index (χ0) is 14.6. The third kappa shape index (κ3) is 4.35. The van der Waals surface area contributed by atoms with Crippen LogP contribution in [0.5, 0.6) is 0 Å². The molecule has 0 aliphatic heterocycles. The molecule has 1 atom stereocenters. The van der Waals surface area contributed by atoms with E-state index in [1.807, 2.05) is 27.7 Å². The van der Waals surface area contributed by atoms with Crippen molar-refractivity contribution in [3.63, 3.8) is 0 Å². The second-order valence-corrected chi connectivity index (χ2v) is 5.45. The van der Waals surface area contributed by atoms with Gasteiger partial charge in [0, 0.05) is 6.04 Å². The van der Waals surface area contributed by atoms with Crippen LogP contribution >= 0.6 is 0 Å². The molecule has 1 aromatic rings. The number of nitrogens with zero attached hydrogens (tertiary/aromatic N) is 3. The molecule has 1 N–H and O–H groups in total. The van der Waals surface area contributed by atoms with Gasteiger partial charge in [-0.05, 0) is 12.3 Å². The van der Waals surface area contributed by atoms with Crippen molar-refractivity contribution in [2.24, 2.45) is 5.41 Å². The molecule has 1 aromatic heterocycles. The summed E-state index contributed by atoms with van der Waals surface area (Å²) in [5.74, 6) is -0.751. The van der Waals surface area contributed by atoms with Crippen LogP contribution in [-0.4, -0.2) is 40.0 Å². The van der Waals surface area contributed by atoms with Gasteiger partial charge in [0.1, 0.15) is 6.54 Å². The summed E-state index contributed by atoms with van der Waals surface area (Å²) in [5, 5.41) is 10.2. The van der Waals surface area contributed by atoms with Crippen molar-refractivity contribution in [2.75, 3.05) is 7.11 Å². The molecule has 19 heavy (non-hydrogen) atoms. The Labute approximate surface area is 112 Å². The first kappa shape index (κ1) is 15.1. The Hall–Kier alpha value is -1.92. The van der Waals surface area contributed by atoms with E-state index in [0.29, 0.717) is 0 Å². The first-order valence-electron chi connectivity index (χ1n) is 6.02. The van der Waals surface area contributed by atoms with Crippen LogP contribution in [0.15, 0.2) is 6.20 Å². The Bertz CT molecular complexity index is 462. The summed E-state index contributed by atoms with van der Waals surface area (Å²) in [5.41, 5.74) is 0.0639. The molecule has 0 fully saturated rings. The maximum atomic E-state index is 11.8. The number of rotatable bonds is 4. The molecule has 1 heterocycles. The highest BCUT2D eigenvalue weighted by molar-refractivity contribution is 5.86. The van der Waals surface area contributed by atoms with Gasteiger partial charge in [0.05, 0.1) is 13.3 Å². The topological polar surface area (TPSA) is 86.1 Å². The Morgan fingerprint density at radius 3 is 2.63 bits per heavy atom. The fourth-order valence-corrected chi connectivity index (χ4v) is 1.22. The molecule has 0 saturated heterocycles. The third-order valence-corrected chi connectivity index (χ3v) is 2.92. The molecule has 0 aromatic carbocycles. The van der Waals surface area contributed by atoms with Gasteiger partial charge in [-0.25, -0.2) is 9.48 Å². The number of hydrogen-bond donors (Lipinski definition) is 1. The molecule has 0 bridgehead atoms. The van der Waals surface area contributed by atoms with Gasteiger partial charge >= 0.3 is 5.97 Å². The molecule has 0 radical (unpaired) electrons. The predicted octanol–water partition coefficient (Wildman–Crippen LogP) is 0.615. The molecule has 1 rings (SSSR count). The number of aromatic nitrogens is 3. The number of carbonyl (C=O) groups excluding carboxylic acids is 2. The molecule has 0 aliphatic carbocycles. The van der Waals surface area contributed by atoms with E-state index in [1.165, 1.54) is 18.0 Å². The number of amides is 1. The standard InChI is InChI=1S/C12H20N4O3/c1-8(12(2,3)4)13-10(17)7-16-6-9(14-15-16)11(18)19-5/h6,8H,7H2,1-5H3,(H,13,17)/t8-/m1/s1. The SMILES string of the molecule is COC(=O)c1cn(CC(=O)N[C@H](C)C(C)(C)C)nn1. The first-order chi connectivity index (χ1) is 8.74. The molecule has 1 amide bonds. The van der Waals surface area contributed by atoms with Crippen molar-refractivity contribution < 1.29 is 14.3 Å². The number of carbonyl (C=O) groups is 2. The predicted molar refractivity (Wildman–Crippen MR) is 68.4 cm³/mol. The number of esters is 1. The molecule has 106 valence electrons. The highest BCUT2D eigenvalue weighted by atomic mass is 16.5. The zero-order valence-electron chi connectivity index (χ0n) is 11.9. The van der Waals surface area contributed by atoms with E-state index in [9.17, 15) is 9.59 Å². The fraction of sp³-hybridized carbons (Fsp3) is 0.667. The summed E-state index contributed by atoms with van der Waals surface area (Å²) in [4.78, 5) is 23.0. The molecule has 7 heteroatoms. The summed E-state index contributed by atoms with van der Waals surface area (Å²) in [7, 11) is 1.26. The van der Waals surface area contributed by atoms with Gasteiger partial charge in [-0.1, -0.05) is 26.0 Å². The van der Waals surface area contributed by atoms with Gasteiger partial charge in [-0.15, -0.1) is 5.10 Å². The highest BCUT2D eigenvalue weighted by Crippen LogP contribution is 2.18. The average Bonchev–Trinajstić information content (AvgIpc) is 2.74. The van der Waals surface area contributed by atoms with Crippen LogP contribution in [0.1, 0.15) is 38.2 Å². The minimum Gasteiger partial charge on any atom is -0.464 e. The number of hydrogen-bond acceptors (Lipinski definition) is 5. The smallest absolute Gasteiger partial charge is 0.360 e. The Morgan fingerprint density at radius 1 is 1.47 bits per heavy atom. The lowest BCUT2D eigenvalue weighted by Crippen LogP contribution is -2.42. The largest absolute Gasteiger partial charge is 0.464 e. The number of ether oxygens (including phenoxy) is 1. The summed E-state index contributed by atoms with van der Waals surface area (Å²) in [6, 6.07) is 0.0311. The van der Waals surface area contributed by atoms with E-state index in [-0.39, 0.29) is 29.6 Å². The van der Waals surface area contributed by atoms with Crippen molar-refractivity contribution in [3.8, 4) is 0 Å². The van der Waals surface area contributed by atoms with E-state index in [1.54, 1.807) is 0 Å². The zero-order valence-corrected chi connectivity index (χ0v) is 11.9. The highest BCUT2D eigenvalue weighted by Gasteiger charge is 2.22. The van der Waals surface area contributed by atoms with Gasteiger partial charge < -0.3 is 10.1 Å². The van der Waals surface area contributed by atoms with Gasteiger partial charge in [-0.3, -0.25) is 4.79 Å². The van der Waals surface area contributed by atoms with Gasteiger partial charge in [-0.2, -0.15) is 0 Å². The monoisotopic (exact) mass is 268 g/mol. The van der Waals surface area contributed by atoms with Crippen LogP contribution in [-0.2, 0) is 16.1 Å². The Kier molecular flexibility index (Phi) is 4.63. The number of nitrogens with one attached hydrogen (secondary N) is 1. The van der Waals surface area contributed by atoms with E-state index >= 15 is 0 Å². The Balaban J connectivity index is 2.58. The Morgan fingerprint density at radius 2 is 2.11 bits per heavy atom. The molecule has 0 aliphatic rings. The first-order valence-corrected chi connectivity index (χ1v) is 6.02. The molecule has 0 spiro atoms.